The molecule has 0 aliphatic carbocycles. The van der Waals surface area contributed by atoms with E-state index in [1.54, 1.807) is 18.7 Å². The number of aromatic nitrogens is 5. The van der Waals surface area contributed by atoms with Crippen molar-refractivity contribution in [1.29, 1.82) is 0 Å². The largest absolute Gasteiger partial charge is 0.491 e. The van der Waals surface area contributed by atoms with Crippen molar-refractivity contribution < 1.29 is 4.74 Å². The first-order valence-corrected chi connectivity index (χ1v) is 8.24. The second-order valence-electron chi connectivity index (χ2n) is 5.83. The molecule has 0 spiro atoms. The highest BCUT2D eigenvalue weighted by Crippen LogP contribution is 2.27. The van der Waals surface area contributed by atoms with Gasteiger partial charge in [0.1, 0.15) is 23.7 Å². The van der Waals surface area contributed by atoms with E-state index in [1.165, 1.54) is 5.56 Å². The average molecular weight is 334 g/mol. The molecule has 1 aliphatic heterocycles. The van der Waals surface area contributed by atoms with Gasteiger partial charge in [-0.05, 0) is 25.0 Å². The fraction of sp³-hybridized carbons (Fsp3) is 0.278. The van der Waals surface area contributed by atoms with Gasteiger partial charge in [0.2, 0.25) is 0 Å². The van der Waals surface area contributed by atoms with Gasteiger partial charge in [0, 0.05) is 43.2 Å². The molecule has 3 aromatic heterocycles. The molecule has 3 aromatic rings. The molecule has 0 amide bonds. The molecule has 4 rings (SSSR count). The van der Waals surface area contributed by atoms with Gasteiger partial charge in [-0.2, -0.15) is 0 Å². The van der Waals surface area contributed by atoms with Crippen LogP contribution >= 0.6 is 0 Å². The topological polar surface area (TPSA) is 85.7 Å². The number of anilines is 1. The third kappa shape index (κ3) is 3.40. The molecule has 0 bridgehead atoms. The number of aryl methyl sites for hydroxylation is 1. The van der Waals surface area contributed by atoms with Crippen molar-refractivity contribution in [3.63, 3.8) is 0 Å². The van der Waals surface area contributed by atoms with Crippen LogP contribution in [0, 0.1) is 6.92 Å². The Hall–Kier alpha value is -3.09. The second-order valence-corrected chi connectivity index (χ2v) is 5.83. The van der Waals surface area contributed by atoms with Crippen molar-refractivity contribution in [2.75, 3.05) is 18.5 Å². The maximum Gasteiger partial charge on any atom is 0.144 e. The fourth-order valence-electron chi connectivity index (χ4n) is 2.80. The van der Waals surface area contributed by atoms with Crippen molar-refractivity contribution in [2.24, 2.45) is 0 Å². The van der Waals surface area contributed by atoms with E-state index in [0.29, 0.717) is 0 Å². The van der Waals surface area contributed by atoms with Crippen LogP contribution < -0.4 is 10.1 Å². The smallest absolute Gasteiger partial charge is 0.144 e. The van der Waals surface area contributed by atoms with Crippen LogP contribution in [0.3, 0.4) is 0 Å². The number of ether oxygens (including phenoxy) is 1. The van der Waals surface area contributed by atoms with E-state index in [4.69, 9.17) is 4.74 Å². The highest BCUT2D eigenvalue weighted by Gasteiger charge is 2.16. The first-order valence-electron chi connectivity index (χ1n) is 8.24. The molecule has 1 N–H and O–H groups in total. The maximum absolute atomic E-state index is 5.69. The van der Waals surface area contributed by atoms with E-state index in [9.17, 15) is 0 Å². The molecule has 7 nitrogen and oxygen atoms in total. The minimum absolute atomic E-state index is 0.723. The molecule has 126 valence electrons. The number of hydrogen-bond acceptors (Lipinski definition) is 7. The summed E-state index contributed by atoms with van der Waals surface area (Å²) in [7, 11) is 0. The molecule has 1 aliphatic rings. The Balaban J connectivity index is 1.43. The molecule has 0 unspecified atom stereocenters. The second kappa shape index (κ2) is 6.80. The van der Waals surface area contributed by atoms with Gasteiger partial charge in [0.25, 0.3) is 0 Å². The molecule has 4 heterocycles. The van der Waals surface area contributed by atoms with E-state index in [2.05, 4.69) is 30.2 Å². The molecule has 0 fully saturated rings. The normalized spacial score (nSPS) is 12.5. The van der Waals surface area contributed by atoms with E-state index < -0.39 is 0 Å². The summed E-state index contributed by atoms with van der Waals surface area (Å²) in [4.78, 5) is 21.3. The Morgan fingerprint density at radius 2 is 2.00 bits per heavy atom. The summed E-state index contributed by atoms with van der Waals surface area (Å²) in [6, 6.07) is 3.92. The van der Waals surface area contributed by atoms with Gasteiger partial charge in [0.05, 0.1) is 18.0 Å². The van der Waals surface area contributed by atoms with E-state index >= 15 is 0 Å². The van der Waals surface area contributed by atoms with Gasteiger partial charge in [-0.3, -0.25) is 4.98 Å². The number of pyridine rings is 1. The number of hydrogen-bond donors (Lipinski definition) is 1. The van der Waals surface area contributed by atoms with Crippen molar-refractivity contribution in [2.45, 2.75) is 19.8 Å². The van der Waals surface area contributed by atoms with E-state index in [1.807, 2.05) is 25.3 Å². The van der Waals surface area contributed by atoms with Crippen LogP contribution in [-0.2, 0) is 12.8 Å². The molecular weight excluding hydrogens is 316 g/mol. The van der Waals surface area contributed by atoms with Crippen molar-refractivity contribution in [3.8, 4) is 17.0 Å². The van der Waals surface area contributed by atoms with Crippen LogP contribution in [-0.4, -0.2) is 38.1 Å². The monoisotopic (exact) mass is 334 g/mol. The third-order valence-corrected chi connectivity index (χ3v) is 4.09. The number of rotatable bonds is 5. The van der Waals surface area contributed by atoms with Crippen molar-refractivity contribution in [3.05, 3.63) is 54.1 Å². The van der Waals surface area contributed by atoms with Gasteiger partial charge in [-0.25, -0.2) is 19.9 Å². The summed E-state index contributed by atoms with van der Waals surface area (Å²) in [5, 5.41) is 3.34. The quantitative estimate of drug-likeness (QED) is 0.765. The summed E-state index contributed by atoms with van der Waals surface area (Å²) in [6.07, 6.45) is 8.67. The molecule has 0 radical (unpaired) electrons. The van der Waals surface area contributed by atoms with Gasteiger partial charge < -0.3 is 10.1 Å². The summed E-state index contributed by atoms with van der Waals surface area (Å²) >= 11 is 0. The zero-order valence-electron chi connectivity index (χ0n) is 13.9. The molecule has 0 atom stereocenters. The third-order valence-electron chi connectivity index (χ3n) is 4.09. The fourth-order valence-corrected chi connectivity index (χ4v) is 2.80. The molecule has 0 saturated carbocycles. The minimum atomic E-state index is 0.723. The summed E-state index contributed by atoms with van der Waals surface area (Å²) in [5.74, 6) is 2.46. The maximum atomic E-state index is 5.69. The molecular formula is C18H18N6O. The minimum Gasteiger partial charge on any atom is -0.491 e. The van der Waals surface area contributed by atoms with Crippen molar-refractivity contribution in [1.82, 2.24) is 24.9 Å². The lowest BCUT2D eigenvalue weighted by molar-refractivity contribution is 0.353. The van der Waals surface area contributed by atoms with Crippen LogP contribution in [0.4, 0.5) is 5.82 Å². The predicted octanol–water partition coefficient (Wildman–Crippen LogP) is 2.23. The Morgan fingerprint density at radius 1 is 1.12 bits per heavy atom. The highest BCUT2D eigenvalue weighted by atomic mass is 16.5. The first-order chi connectivity index (χ1) is 12.3. The Bertz CT molecular complexity index is 881. The lowest BCUT2D eigenvalue weighted by Gasteiger charge is -2.09. The van der Waals surface area contributed by atoms with Gasteiger partial charge in [0.15, 0.2) is 0 Å². The SMILES string of the molecule is Cc1ncc(-c2cc(NCCc3ccnc4c3OCC4)ncn2)cn1. The average Bonchev–Trinajstić information content (AvgIpc) is 3.12. The highest BCUT2D eigenvalue weighted by molar-refractivity contribution is 5.60. The molecule has 0 aromatic carbocycles. The first kappa shape index (κ1) is 15.4. The Kier molecular flexibility index (Phi) is 4.20. The van der Waals surface area contributed by atoms with Crippen LogP contribution in [0.25, 0.3) is 11.3 Å². The number of nitrogens with zero attached hydrogens (tertiary/aromatic N) is 5. The zero-order valence-corrected chi connectivity index (χ0v) is 13.9. The van der Waals surface area contributed by atoms with Crippen LogP contribution in [0.5, 0.6) is 5.75 Å². The lowest BCUT2D eigenvalue weighted by atomic mass is 10.1. The van der Waals surface area contributed by atoms with Gasteiger partial charge >= 0.3 is 0 Å². The number of fused-ring (bicyclic) bond motifs is 1. The molecule has 25 heavy (non-hydrogen) atoms. The van der Waals surface area contributed by atoms with Crippen LogP contribution in [0.1, 0.15) is 17.1 Å². The van der Waals surface area contributed by atoms with Crippen LogP contribution in [0.2, 0.25) is 0 Å². The van der Waals surface area contributed by atoms with E-state index in [0.717, 1.165) is 60.3 Å². The summed E-state index contributed by atoms with van der Waals surface area (Å²) in [5.41, 5.74) is 3.90. The van der Waals surface area contributed by atoms with Crippen LogP contribution in [0.15, 0.2) is 37.1 Å². The Labute approximate surface area is 145 Å². The Morgan fingerprint density at radius 3 is 2.88 bits per heavy atom. The number of nitrogens with one attached hydrogen (secondary N) is 1. The lowest BCUT2D eigenvalue weighted by Crippen LogP contribution is -2.07. The summed E-state index contributed by atoms with van der Waals surface area (Å²) in [6.45, 7) is 3.33. The standard InChI is InChI=1S/C18H18N6O/c1-12-21-9-14(10-22-12)16-8-17(24-11-23-16)20-6-3-13-2-5-19-15-4-7-25-18(13)15/h2,5,8-11H,3-4,6-7H2,1H3,(H,20,23,24). The molecule has 7 heteroatoms. The summed E-state index contributed by atoms with van der Waals surface area (Å²) < 4.78 is 5.69. The van der Waals surface area contributed by atoms with E-state index in [-0.39, 0.29) is 0 Å². The predicted molar refractivity (Wildman–Crippen MR) is 93.4 cm³/mol. The molecule has 0 saturated heterocycles. The van der Waals surface area contributed by atoms with Crippen molar-refractivity contribution >= 4 is 5.82 Å². The van der Waals surface area contributed by atoms with Gasteiger partial charge in [-0.1, -0.05) is 0 Å². The van der Waals surface area contributed by atoms with Gasteiger partial charge in [-0.15, -0.1) is 0 Å². The zero-order chi connectivity index (χ0) is 17.1.